The fourth-order valence-corrected chi connectivity index (χ4v) is 2.30. The predicted molar refractivity (Wildman–Crippen MR) is 97.2 cm³/mol. The second-order valence-electron chi connectivity index (χ2n) is 4.84. The molecule has 0 spiro atoms. The number of hydrogen-bond donors (Lipinski definition) is 0. The Labute approximate surface area is 133 Å². The average Bonchev–Trinajstić information content (AvgIpc) is 2.61. The normalized spacial score (nSPS) is 9.59. The zero-order valence-electron chi connectivity index (χ0n) is 13.5. The summed E-state index contributed by atoms with van der Waals surface area (Å²) in [4.78, 5) is 2.26. The summed E-state index contributed by atoms with van der Waals surface area (Å²) in [6, 6.07) is 29.5. The van der Waals surface area contributed by atoms with Crippen molar-refractivity contribution in [1.82, 2.24) is 0 Å². The van der Waals surface area contributed by atoms with Gasteiger partial charge in [-0.3, -0.25) is 0 Å². The van der Waals surface area contributed by atoms with Crippen LogP contribution in [-0.2, 0) is 0 Å². The number of aryl methyl sites for hydroxylation is 1. The molecule has 0 aliphatic heterocycles. The lowest BCUT2D eigenvalue weighted by molar-refractivity contribution is 1.27. The predicted octanol–water partition coefficient (Wildman–Crippen LogP) is 6.49. The van der Waals surface area contributed by atoms with Gasteiger partial charge in [0, 0.05) is 17.1 Å². The molecule has 0 amide bonds. The molecule has 3 aromatic rings. The third-order valence-electron chi connectivity index (χ3n) is 3.32. The van der Waals surface area contributed by atoms with Crippen LogP contribution in [0.3, 0.4) is 0 Å². The van der Waals surface area contributed by atoms with Gasteiger partial charge in [0.25, 0.3) is 0 Å². The molecular weight excluding hydrogens is 266 g/mol. The van der Waals surface area contributed by atoms with E-state index in [1.165, 1.54) is 22.6 Å². The fourth-order valence-electron chi connectivity index (χ4n) is 2.30. The molecule has 3 aromatic carbocycles. The van der Waals surface area contributed by atoms with Crippen molar-refractivity contribution < 1.29 is 0 Å². The Morgan fingerprint density at radius 3 is 1.27 bits per heavy atom. The zero-order valence-corrected chi connectivity index (χ0v) is 13.5. The number of benzene rings is 3. The summed E-state index contributed by atoms with van der Waals surface area (Å²) in [6.45, 7) is 6.11. The highest BCUT2D eigenvalue weighted by atomic mass is 15.1. The van der Waals surface area contributed by atoms with E-state index < -0.39 is 0 Å². The monoisotopic (exact) mass is 289 g/mol. The van der Waals surface area contributed by atoms with E-state index in [0.29, 0.717) is 0 Å². The molecule has 0 fully saturated rings. The summed E-state index contributed by atoms with van der Waals surface area (Å²) in [5.74, 6) is 0. The van der Waals surface area contributed by atoms with Crippen LogP contribution in [0.4, 0.5) is 17.1 Å². The highest BCUT2D eigenvalue weighted by Crippen LogP contribution is 2.33. The molecule has 0 saturated heterocycles. The van der Waals surface area contributed by atoms with Crippen molar-refractivity contribution in [2.75, 3.05) is 4.90 Å². The fraction of sp³-hybridized carbons (Fsp3) is 0.143. The zero-order chi connectivity index (χ0) is 15.8. The van der Waals surface area contributed by atoms with Crippen molar-refractivity contribution in [3.8, 4) is 0 Å². The molecule has 0 N–H and O–H groups in total. The first kappa shape index (κ1) is 15.8. The van der Waals surface area contributed by atoms with Crippen LogP contribution >= 0.6 is 0 Å². The quantitative estimate of drug-likeness (QED) is 0.532. The number of nitrogens with zero attached hydrogens (tertiary/aromatic N) is 1. The average molecular weight is 289 g/mol. The van der Waals surface area contributed by atoms with Gasteiger partial charge in [-0.1, -0.05) is 67.9 Å². The Morgan fingerprint density at radius 2 is 0.864 bits per heavy atom. The molecule has 0 saturated carbocycles. The Bertz CT molecular complexity index is 618. The minimum Gasteiger partial charge on any atom is -0.311 e. The van der Waals surface area contributed by atoms with Crippen LogP contribution in [0.1, 0.15) is 19.4 Å². The van der Waals surface area contributed by atoms with Crippen LogP contribution < -0.4 is 4.90 Å². The first-order valence-corrected chi connectivity index (χ1v) is 7.81. The lowest BCUT2D eigenvalue weighted by Gasteiger charge is -2.25. The van der Waals surface area contributed by atoms with Gasteiger partial charge in [-0.2, -0.15) is 0 Å². The van der Waals surface area contributed by atoms with Crippen molar-refractivity contribution in [3.63, 3.8) is 0 Å². The second kappa shape index (κ2) is 8.04. The molecule has 0 atom stereocenters. The first-order chi connectivity index (χ1) is 10.8. The molecule has 22 heavy (non-hydrogen) atoms. The van der Waals surface area contributed by atoms with E-state index in [2.05, 4.69) is 84.6 Å². The highest BCUT2D eigenvalue weighted by molar-refractivity contribution is 5.76. The molecule has 0 aromatic heterocycles. The summed E-state index contributed by atoms with van der Waals surface area (Å²) in [7, 11) is 0. The van der Waals surface area contributed by atoms with E-state index >= 15 is 0 Å². The Morgan fingerprint density at radius 1 is 0.500 bits per heavy atom. The number of rotatable bonds is 3. The van der Waals surface area contributed by atoms with Crippen molar-refractivity contribution in [1.29, 1.82) is 0 Å². The second-order valence-corrected chi connectivity index (χ2v) is 4.84. The van der Waals surface area contributed by atoms with Crippen molar-refractivity contribution in [2.24, 2.45) is 0 Å². The third kappa shape index (κ3) is 3.76. The molecule has 0 bridgehead atoms. The van der Waals surface area contributed by atoms with Gasteiger partial charge in [-0.25, -0.2) is 0 Å². The van der Waals surface area contributed by atoms with Crippen molar-refractivity contribution in [2.45, 2.75) is 20.8 Å². The van der Waals surface area contributed by atoms with Gasteiger partial charge in [0.1, 0.15) is 0 Å². The maximum absolute atomic E-state index is 2.26. The van der Waals surface area contributed by atoms with E-state index in [4.69, 9.17) is 0 Å². The number of para-hydroxylation sites is 2. The van der Waals surface area contributed by atoms with E-state index in [-0.39, 0.29) is 0 Å². The Hall–Kier alpha value is -2.54. The number of hydrogen-bond acceptors (Lipinski definition) is 1. The summed E-state index contributed by atoms with van der Waals surface area (Å²) in [5, 5.41) is 0. The maximum atomic E-state index is 2.26. The standard InChI is InChI=1S/C19H17N.C2H6/c1-16-12-14-19(15-13-16)20(17-8-4-2-5-9-17)18-10-6-3-7-11-18;1-2/h2-15H,1H3;1-2H3. The van der Waals surface area contributed by atoms with Crippen LogP contribution in [0.2, 0.25) is 0 Å². The van der Waals surface area contributed by atoms with Gasteiger partial charge < -0.3 is 4.90 Å². The largest absolute Gasteiger partial charge is 0.311 e. The van der Waals surface area contributed by atoms with Gasteiger partial charge >= 0.3 is 0 Å². The first-order valence-electron chi connectivity index (χ1n) is 7.81. The van der Waals surface area contributed by atoms with Gasteiger partial charge in [0.2, 0.25) is 0 Å². The van der Waals surface area contributed by atoms with Crippen LogP contribution in [0.15, 0.2) is 84.9 Å². The lowest BCUT2D eigenvalue weighted by atomic mass is 10.1. The van der Waals surface area contributed by atoms with Gasteiger partial charge in [0.15, 0.2) is 0 Å². The van der Waals surface area contributed by atoms with E-state index in [1.54, 1.807) is 0 Å². The molecule has 0 unspecified atom stereocenters. The van der Waals surface area contributed by atoms with Crippen LogP contribution in [-0.4, -0.2) is 0 Å². The molecule has 3 rings (SSSR count). The third-order valence-corrected chi connectivity index (χ3v) is 3.32. The van der Waals surface area contributed by atoms with Crippen LogP contribution in [0.5, 0.6) is 0 Å². The lowest BCUT2D eigenvalue weighted by Crippen LogP contribution is -2.09. The van der Waals surface area contributed by atoms with Crippen LogP contribution in [0.25, 0.3) is 0 Å². The highest BCUT2D eigenvalue weighted by Gasteiger charge is 2.10. The van der Waals surface area contributed by atoms with E-state index in [9.17, 15) is 0 Å². The van der Waals surface area contributed by atoms with Crippen molar-refractivity contribution in [3.05, 3.63) is 90.5 Å². The molecule has 1 nitrogen and oxygen atoms in total. The molecule has 112 valence electrons. The van der Waals surface area contributed by atoms with Crippen LogP contribution in [0, 0.1) is 6.92 Å². The minimum absolute atomic E-state index is 1.17. The van der Waals surface area contributed by atoms with Gasteiger partial charge in [-0.15, -0.1) is 0 Å². The molecule has 0 aliphatic carbocycles. The SMILES string of the molecule is CC.Cc1ccc(N(c2ccccc2)c2ccccc2)cc1. The molecule has 0 aliphatic rings. The molecule has 1 heteroatoms. The van der Waals surface area contributed by atoms with E-state index in [0.717, 1.165) is 0 Å². The topological polar surface area (TPSA) is 3.24 Å². The summed E-state index contributed by atoms with van der Waals surface area (Å²) < 4.78 is 0. The van der Waals surface area contributed by atoms with Gasteiger partial charge in [-0.05, 0) is 43.3 Å². The molecular formula is C21H23N. The number of anilines is 3. The molecule has 0 radical (unpaired) electrons. The molecule has 0 heterocycles. The van der Waals surface area contributed by atoms with E-state index in [1.807, 2.05) is 26.0 Å². The maximum Gasteiger partial charge on any atom is 0.0461 e. The summed E-state index contributed by atoms with van der Waals surface area (Å²) in [6.07, 6.45) is 0. The van der Waals surface area contributed by atoms with Gasteiger partial charge in [0.05, 0.1) is 0 Å². The Kier molecular flexibility index (Phi) is 5.79. The summed E-state index contributed by atoms with van der Waals surface area (Å²) >= 11 is 0. The summed E-state index contributed by atoms with van der Waals surface area (Å²) in [5.41, 5.74) is 4.79. The van der Waals surface area contributed by atoms with Crippen molar-refractivity contribution >= 4 is 17.1 Å². The minimum atomic E-state index is 1.17. The Balaban J connectivity index is 0.000000847. The smallest absolute Gasteiger partial charge is 0.0461 e.